The molecule has 1 saturated carbocycles. The molecule has 0 aromatic carbocycles. The molecule has 320 valence electrons. The second-order valence-electron chi connectivity index (χ2n) is 15.3. The highest BCUT2D eigenvalue weighted by atomic mass is 31.2. The zero-order valence-electron chi connectivity index (χ0n) is 34.2. The first-order valence-corrected chi connectivity index (χ1v) is 23.1. The van der Waals surface area contributed by atoms with Gasteiger partial charge in [-0.15, -0.1) is 0 Å². The molecule has 0 radical (unpaired) electrons. The van der Waals surface area contributed by atoms with Crippen LogP contribution in [0.2, 0.25) is 0 Å². The van der Waals surface area contributed by atoms with E-state index in [0.717, 1.165) is 44.9 Å². The maximum atomic E-state index is 12.5. The van der Waals surface area contributed by atoms with Gasteiger partial charge in [-0.25, -0.2) is 4.57 Å². The van der Waals surface area contributed by atoms with Crippen LogP contribution in [0.3, 0.4) is 0 Å². The van der Waals surface area contributed by atoms with Gasteiger partial charge in [-0.2, -0.15) is 0 Å². The molecule has 0 aromatic heterocycles. The van der Waals surface area contributed by atoms with E-state index in [1.54, 1.807) is 6.08 Å². The summed E-state index contributed by atoms with van der Waals surface area (Å²) in [6.07, 6.45) is 32.4. The van der Waals surface area contributed by atoms with Crippen molar-refractivity contribution < 1.29 is 53.3 Å². The van der Waals surface area contributed by atoms with E-state index in [-0.39, 0.29) is 37.7 Å². The fourth-order valence-corrected chi connectivity index (χ4v) is 7.25. The molecule has 12 heteroatoms. The Hall–Kier alpha value is -1.85. The number of aliphatic hydroxyl groups excluding tert-OH is 3. The Morgan fingerprint density at radius 3 is 1.87 bits per heavy atom. The van der Waals surface area contributed by atoms with Gasteiger partial charge in [0.2, 0.25) is 0 Å². The third kappa shape index (κ3) is 29.1. The maximum absolute atomic E-state index is 12.5. The van der Waals surface area contributed by atoms with Gasteiger partial charge >= 0.3 is 19.8 Å². The van der Waals surface area contributed by atoms with E-state index in [9.17, 15) is 29.5 Å². The third-order valence-electron chi connectivity index (χ3n) is 10.2. The molecule has 11 nitrogen and oxygen atoms in total. The zero-order valence-corrected chi connectivity index (χ0v) is 35.0. The van der Waals surface area contributed by atoms with Crippen molar-refractivity contribution >= 4 is 19.8 Å². The molecule has 0 saturated heterocycles. The molecule has 0 heterocycles. The number of carbonyl (C=O) groups excluding carboxylic acids is 2. The van der Waals surface area contributed by atoms with Crippen LogP contribution >= 0.6 is 7.82 Å². The molecule has 0 aromatic rings. The Morgan fingerprint density at radius 2 is 1.24 bits per heavy atom. The lowest BCUT2D eigenvalue weighted by atomic mass is 9.89. The van der Waals surface area contributed by atoms with Crippen LogP contribution in [0.5, 0.6) is 0 Å². The topological polar surface area (TPSA) is 180 Å². The minimum atomic E-state index is -4.82. The number of allylic oxidation sites excluding steroid dienone is 4. The van der Waals surface area contributed by atoms with Gasteiger partial charge in [-0.3, -0.25) is 14.1 Å². The Labute approximate surface area is 332 Å². The summed E-state index contributed by atoms with van der Waals surface area (Å²) in [4.78, 5) is 43.1. The standard InChI is InChI=1S/C43H77O11P/c1-3-5-7-8-9-10-11-12-13-14-15-16-17-18-19-20-25-29-42(47)52-34-37(35-53-55(49,50)51)54-43(48)30-26-22-21-24-28-38-39(41(46)33-40(38)45)32-31-36(44)27-23-6-4-2/h12-13,21,24,31-32,36-41,44-46H,3-11,14-20,22-23,25-30,33-35H2,1-2H3,(H2,49,50,51)/b13-12-,24-21+,32-31+/t36-,37+,38+,39+,40-,41+/m0/s1. The van der Waals surface area contributed by atoms with E-state index in [4.69, 9.17) is 19.3 Å². The summed E-state index contributed by atoms with van der Waals surface area (Å²) in [6, 6.07) is 0. The summed E-state index contributed by atoms with van der Waals surface area (Å²) in [6.45, 7) is 3.38. The highest BCUT2D eigenvalue weighted by molar-refractivity contribution is 7.46. The fourth-order valence-electron chi connectivity index (χ4n) is 6.89. The van der Waals surface area contributed by atoms with Crippen molar-refractivity contribution in [1.29, 1.82) is 0 Å². The lowest BCUT2D eigenvalue weighted by molar-refractivity contribution is -0.161. The first kappa shape index (κ1) is 51.2. The largest absolute Gasteiger partial charge is 0.469 e. The molecule has 55 heavy (non-hydrogen) atoms. The zero-order chi connectivity index (χ0) is 40.6. The van der Waals surface area contributed by atoms with Gasteiger partial charge < -0.3 is 34.6 Å². The van der Waals surface area contributed by atoms with Crippen molar-refractivity contribution in [2.45, 2.75) is 199 Å². The number of rotatable bonds is 35. The smallest absolute Gasteiger partial charge is 0.462 e. The lowest BCUT2D eigenvalue weighted by Gasteiger charge is -2.19. The molecule has 1 rings (SSSR count). The quantitative estimate of drug-likeness (QED) is 0.0178. The average molecular weight is 801 g/mol. The molecular formula is C43H77O11P. The number of carbonyl (C=O) groups is 2. The molecule has 0 spiro atoms. The SMILES string of the molecule is CCCCCCCC/C=C\CCCCCCCCCC(=O)OC[C@H](COP(=O)(O)O)OC(=O)CCC/C=C/C[C@@H]1[C@@H](/C=C/[C@@H](O)CCCCC)[C@H](O)C[C@@H]1O. The predicted molar refractivity (Wildman–Crippen MR) is 218 cm³/mol. The second kappa shape index (κ2) is 33.2. The molecule has 6 atom stereocenters. The normalized spacial score (nSPS) is 20.2. The molecule has 0 aliphatic heterocycles. The van der Waals surface area contributed by atoms with Crippen LogP contribution in [-0.4, -0.2) is 74.7 Å². The van der Waals surface area contributed by atoms with Crippen LogP contribution in [-0.2, 0) is 28.2 Å². The molecule has 0 bridgehead atoms. The summed E-state index contributed by atoms with van der Waals surface area (Å²) in [5.74, 6) is -1.51. The van der Waals surface area contributed by atoms with Gasteiger partial charge in [0.05, 0.1) is 24.9 Å². The van der Waals surface area contributed by atoms with Gasteiger partial charge in [0.15, 0.2) is 6.10 Å². The molecular weight excluding hydrogens is 723 g/mol. The van der Waals surface area contributed by atoms with E-state index < -0.39 is 50.8 Å². The number of unbranched alkanes of at least 4 members (excludes halogenated alkanes) is 16. The summed E-state index contributed by atoms with van der Waals surface area (Å²) in [5.41, 5.74) is 0. The van der Waals surface area contributed by atoms with E-state index in [0.29, 0.717) is 32.1 Å². The van der Waals surface area contributed by atoms with E-state index >= 15 is 0 Å². The Morgan fingerprint density at radius 1 is 0.691 bits per heavy atom. The third-order valence-corrected chi connectivity index (χ3v) is 10.7. The summed E-state index contributed by atoms with van der Waals surface area (Å²) in [5, 5.41) is 31.2. The van der Waals surface area contributed by atoms with Crippen molar-refractivity contribution in [2.75, 3.05) is 13.2 Å². The number of phosphoric ester groups is 1. The lowest BCUT2D eigenvalue weighted by Crippen LogP contribution is -2.29. The van der Waals surface area contributed by atoms with Crippen molar-refractivity contribution in [3.8, 4) is 0 Å². The number of ether oxygens (including phenoxy) is 2. The first-order valence-electron chi connectivity index (χ1n) is 21.5. The molecule has 5 N–H and O–H groups in total. The second-order valence-corrected chi connectivity index (χ2v) is 16.5. The summed E-state index contributed by atoms with van der Waals surface area (Å²) >= 11 is 0. The van der Waals surface area contributed by atoms with E-state index in [2.05, 4.69) is 30.5 Å². The maximum Gasteiger partial charge on any atom is 0.469 e. The first-order chi connectivity index (χ1) is 26.5. The van der Waals surface area contributed by atoms with Gasteiger partial charge in [0.25, 0.3) is 0 Å². The highest BCUT2D eigenvalue weighted by Crippen LogP contribution is 2.37. The molecule has 0 unspecified atom stereocenters. The number of hydrogen-bond acceptors (Lipinski definition) is 9. The number of esters is 2. The highest BCUT2D eigenvalue weighted by Gasteiger charge is 2.39. The molecule has 1 aliphatic rings. The monoisotopic (exact) mass is 801 g/mol. The van der Waals surface area contributed by atoms with Crippen LogP contribution < -0.4 is 0 Å². The van der Waals surface area contributed by atoms with E-state index in [1.807, 2.05) is 18.2 Å². The molecule has 1 aliphatic carbocycles. The molecule has 1 fully saturated rings. The minimum Gasteiger partial charge on any atom is -0.462 e. The van der Waals surface area contributed by atoms with Gasteiger partial charge in [0.1, 0.15) is 6.61 Å². The average Bonchev–Trinajstić information content (AvgIpc) is 3.41. The number of phosphoric acid groups is 1. The van der Waals surface area contributed by atoms with Crippen molar-refractivity contribution in [2.24, 2.45) is 11.8 Å². The minimum absolute atomic E-state index is 0.0344. The van der Waals surface area contributed by atoms with Gasteiger partial charge in [0, 0.05) is 25.2 Å². The number of aliphatic hydroxyl groups is 3. The van der Waals surface area contributed by atoms with Gasteiger partial charge in [-0.1, -0.05) is 134 Å². The number of hydrogen-bond donors (Lipinski definition) is 5. The van der Waals surface area contributed by atoms with Crippen molar-refractivity contribution in [3.05, 3.63) is 36.5 Å². The Balaban J connectivity index is 2.28. The van der Waals surface area contributed by atoms with Crippen LogP contribution in [0.15, 0.2) is 36.5 Å². The predicted octanol–water partition coefficient (Wildman–Crippen LogP) is 9.34. The van der Waals surface area contributed by atoms with Crippen LogP contribution in [0.1, 0.15) is 174 Å². The van der Waals surface area contributed by atoms with Crippen LogP contribution in [0.4, 0.5) is 0 Å². The van der Waals surface area contributed by atoms with Crippen LogP contribution in [0, 0.1) is 11.8 Å². The fraction of sp³-hybridized carbons (Fsp3) is 0.814. The Bertz CT molecular complexity index is 1100. The summed E-state index contributed by atoms with van der Waals surface area (Å²) in [7, 11) is -4.82. The van der Waals surface area contributed by atoms with Crippen molar-refractivity contribution in [1.82, 2.24) is 0 Å². The van der Waals surface area contributed by atoms with E-state index in [1.165, 1.54) is 64.2 Å². The summed E-state index contributed by atoms with van der Waals surface area (Å²) < 4.78 is 26.4. The van der Waals surface area contributed by atoms with Crippen LogP contribution in [0.25, 0.3) is 0 Å². The van der Waals surface area contributed by atoms with Crippen molar-refractivity contribution in [3.63, 3.8) is 0 Å². The molecule has 0 amide bonds. The van der Waals surface area contributed by atoms with Gasteiger partial charge in [-0.05, 0) is 63.7 Å². The Kier molecular flexibility index (Phi) is 30.8.